The zero-order valence-electron chi connectivity index (χ0n) is 21.9. The van der Waals surface area contributed by atoms with E-state index in [1.165, 1.54) is 4.90 Å². The van der Waals surface area contributed by atoms with E-state index in [-0.39, 0.29) is 35.9 Å². The molecule has 8 heteroatoms. The average molecular weight is 538 g/mol. The Kier molecular flexibility index (Phi) is 9.58. The normalized spacial score (nSPS) is 14.4. The van der Waals surface area contributed by atoms with Crippen molar-refractivity contribution in [3.05, 3.63) is 82.3 Å². The van der Waals surface area contributed by atoms with Gasteiger partial charge in [-0.25, -0.2) is 4.98 Å². The molecular formula is C30H36ClN3O4. The van der Waals surface area contributed by atoms with E-state index in [1.54, 1.807) is 0 Å². The fraction of sp³-hybridized carbons (Fsp3) is 0.433. The largest absolute Gasteiger partial charge is 0.491 e. The first-order valence-corrected chi connectivity index (χ1v) is 13.8. The standard InChI is InChI=1S/C30H36ClN3O4/c1-2-3-19-38-27-26(29(37)34(17-18-35)21-22-9-5-4-6-10-22)32-25(33-28(27)36)20-30(15-7-8-16-30)23-11-13-24(31)14-12-23/h4-6,9-14,35H,2-3,7-8,15-21H2,1H3,(H,32,33,36). The second-order valence-electron chi connectivity index (χ2n) is 9.95. The van der Waals surface area contributed by atoms with Gasteiger partial charge in [0.25, 0.3) is 11.8 Å². The minimum absolute atomic E-state index is 0.00448. The van der Waals surface area contributed by atoms with Crippen LogP contribution in [-0.2, 0) is 18.4 Å². The van der Waals surface area contributed by atoms with Crippen molar-refractivity contribution in [2.24, 2.45) is 0 Å². The number of amides is 1. The Morgan fingerprint density at radius 2 is 1.79 bits per heavy atom. The number of benzene rings is 2. The highest BCUT2D eigenvalue weighted by atomic mass is 35.5. The Balaban J connectivity index is 1.71. The van der Waals surface area contributed by atoms with Gasteiger partial charge in [-0.15, -0.1) is 0 Å². The van der Waals surface area contributed by atoms with Crippen molar-refractivity contribution in [1.82, 2.24) is 14.9 Å². The number of ether oxygens (including phenoxy) is 1. The molecule has 1 fully saturated rings. The summed E-state index contributed by atoms with van der Waals surface area (Å²) in [7, 11) is 0. The van der Waals surface area contributed by atoms with Crippen LogP contribution >= 0.6 is 11.6 Å². The molecule has 0 atom stereocenters. The molecule has 7 nitrogen and oxygen atoms in total. The van der Waals surface area contributed by atoms with Crippen molar-refractivity contribution in [2.45, 2.75) is 63.8 Å². The van der Waals surface area contributed by atoms with Gasteiger partial charge in [0.1, 0.15) is 5.82 Å². The van der Waals surface area contributed by atoms with Gasteiger partial charge in [-0.05, 0) is 42.5 Å². The quantitative estimate of drug-likeness (QED) is 0.288. The zero-order chi connectivity index (χ0) is 27.0. The summed E-state index contributed by atoms with van der Waals surface area (Å²) in [6, 6.07) is 17.5. The predicted molar refractivity (Wildman–Crippen MR) is 148 cm³/mol. The predicted octanol–water partition coefficient (Wildman–Crippen LogP) is 5.70. The molecule has 1 aliphatic carbocycles. The van der Waals surface area contributed by atoms with Gasteiger partial charge in [0.15, 0.2) is 5.69 Å². The van der Waals surface area contributed by atoms with Crippen LogP contribution < -0.4 is 4.74 Å². The van der Waals surface area contributed by atoms with Gasteiger partial charge >= 0.3 is 0 Å². The lowest BCUT2D eigenvalue weighted by Gasteiger charge is -2.29. The highest BCUT2D eigenvalue weighted by Crippen LogP contribution is 2.44. The Labute approximate surface area is 229 Å². The van der Waals surface area contributed by atoms with E-state index >= 15 is 0 Å². The maximum atomic E-state index is 13.8. The number of rotatable bonds is 12. The molecule has 3 aromatic rings. The zero-order valence-corrected chi connectivity index (χ0v) is 22.7. The molecule has 1 aliphatic rings. The molecule has 0 aliphatic heterocycles. The number of aliphatic hydroxyl groups excluding tert-OH is 1. The van der Waals surface area contributed by atoms with Crippen molar-refractivity contribution < 1.29 is 19.7 Å². The van der Waals surface area contributed by atoms with E-state index < -0.39 is 5.91 Å². The number of carbonyl (C=O) groups is 1. The molecule has 38 heavy (non-hydrogen) atoms. The van der Waals surface area contributed by atoms with Gasteiger partial charge in [0, 0.05) is 29.9 Å². The van der Waals surface area contributed by atoms with E-state index in [0.717, 1.165) is 49.7 Å². The number of aliphatic hydroxyl groups is 1. The average Bonchev–Trinajstić information content (AvgIpc) is 3.39. The van der Waals surface area contributed by atoms with Crippen LogP contribution in [0, 0.1) is 0 Å². The summed E-state index contributed by atoms with van der Waals surface area (Å²) >= 11 is 6.15. The van der Waals surface area contributed by atoms with Crippen LogP contribution in [-0.4, -0.2) is 50.7 Å². The first-order valence-electron chi connectivity index (χ1n) is 13.4. The number of carbonyl (C=O) groups excluding carboxylic acids is 1. The van der Waals surface area contributed by atoms with Gasteiger partial charge in [0.2, 0.25) is 5.75 Å². The number of aromatic hydroxyl groups is 1. The van der Waals surface area contributed by atoms with Gasteiger partial charge in [-0.1, -0.05) is 80.3 Å². The van der Waals surface area contributed by atoms with Crippen molar-refractivity contribution >= 4 is 17.5 Å². The van der Waals surface area contributed by atoms with E-state index in [1.807, 2.05) is 61.5 Å². The minimum atomic E-state index is -0.416. The van der Waals surface area contributed by atoms with Crippen LogP contribution in [0.15, 0.2) is 54.6 Å². The van der Waals surface area contributed by atoms with Crippen molar-refractivity contribution in [1.29, 1.82) is 0 Å². The first-order chi connectivity index (χ1) is 18.5. The number of nitrogens with zero attached hydrogens (tertiary/aromatic N) is 3. The minimum Gasteiger partial charge on any atom is -0.491 e. The molecular weight excluding hydrogens is 502 g/mol. The maximum absolute atomic E-state index is 13.8. The van der Waals surface area contributed by atoms with Gasteiger partial charge in [0.05, 0.1) is 13.2 Å². The SMILES string of the molecule is CCCCOc1c(O)nc(CC2(c3ccc(Cl)cc3)CCCC2)nc1C(=O)N(CCO)Cc1ccccc1. The first kappa shape index (κ1) is 27.9. The lowest BCUT2D eigenvalue weighted by atomic mass is 9.76. The lowest BCUT2D eigenvalue weighted by Crippen LogP contribution is -2.34. The Morgan fingerprint density at radius 3 is 2.45 bits per heavy atom. The number of hydrogen-bond acceptors (Lipinski definition) is 6. The second-order valence-corrected chi connectivity index (χ2v) is 10.4. The topological polar surface area (TPSA) is 95.8 Å². The summed E-state index contributed by atoms with van der Waals surface area (Å²) in [4.78, 5) is 24.5. The highest BCUT2D eigenvalue weighted by Gasteiger charge is 2.37. The molecule has 0 bridgehead atoms. The van der Waals surface area contributed by atoms with Gasteiger partial charge in [-0.2, -0.15) is 4.98 Å². The number of halogens is 1. The molecule has 1 aromatic heterocycles. The smallest absolute Gasteiger partial charge is 0.276 e. The van der Waals surface area contributed by atoms with Crippen molar-refractivity contribution in [3.63, 3.8) is 0 Å². The molecule has 202 valence electrons. The van der Waals surface area contributed by atoms with E-state index in [0.29, 0.717) is 30.4 Å². The van der Waals surface area contributed by atoms with E-state index in [2.05, 4.69) is 4.98 Å². The summed E-state index contributed by atoms with van der Waals surface area (Å²) in [6.07, 6.45) is 6.23. The summed E-state index contributed by atoms with van der Waals surface area (Å²) in [6.45, 7) is 2.59. The molecule has 1 amide bonds. The van der Waals surface area contributed by atoms with Crippen LogP contribution in [0.4, 0.5) is 0 Å². The Bertz CT molecular complexity index is 1200. The second kappa shape index (κ2) is 13.1. The van der Waals surface area contributed by atoms with Crippen LogP contribution in [0.25, 0.3) is 0 Å². The fourth-order valence-corrected chi connectivity index (χ4v) is 5.34. The third-order valence-electron chi connectivity index (χ3n) is 7.23. The fourth-order valence-electron chi connectivity index (χ4n) is 5.21. The summed E-state index contributed by atoms with van der Waals surface area (Å²) in [5.74, 6) is -0.355. The molecule has 2 N–H and O–H groups in total. The summed E-state index contributed by atoms with van der Waals surface area (Å²) in [5.41, 5.74) is 1.91. The lowest BCUT2D eigenvalue weighted by molar-refractivity contribution is 0.0694. The molecule has 0 spiro atoms. The molecule has 1 saturated carbocycles. The molecule has 2 aromatic carbocycles. The highest BCUT2D eigenvalue weighted by molar-refractivity contribution is 6.30. The van der Waals surface area contributed by atoms with Crippen LogP contribution in [0.1, 0.15) is 72.9 Å². The third kappa shape index (κ3) is 6.63. The van der Waals surface area contributed by atoms with E-state index in [4.69, 9.17) is 21.3 Å². The third-order valence-corrected chi connectivity index (χ3v) is 7.48. The van der Waals surface area contributed by atoms with Crippen LogP contribution in [0.3, 0.4) is 0 Å². The molecule has 4 rings (SSSR count). The van der Waals surface area contributed by atoms with Crippen LogP contribution in [0.5, 0.6) is 11.6 Å². The summed E-state index contributed by atoms with van der Waals surface area (Å²) < 4.78 is 5.86. The number of aromatic nitrogens is 2. The monoisotopic (exact) mass is 537 g/mol. The maximum Gasteiger partial charge on any atom is 0.276 e. The van der Waals surface area contributed by atoms with Gasteiger partial charge in [-0.3, -0.25) is 4.79 Å². The van der Waals surface area contributed by atoms with E-state index in [9.17, 15) is 15.0 Å². The molecule has 0 unspecified atom stereocenters. The molecule has 1 heterocycles. The van der Waals surface area contributed by atoms with Gasteiger partial charge < -0.3 is 19.8 Å². The number of hydrogen-bond donors (Lipinski definition) is 2. The Morgan fingerprint density at radius 1 is 1.08 bits per heavy atom. The summed E-state index contributed by atoms with van der Waals surface area (Å²) in [5, 5.41) is 21.4. The molecule has 0 saturated heterocycles. The molecule has 0 radical (unpaired) electrons. The van der Waals surface area contributed by atoms with Crippen molar-refractivity contribution in [3.8, 4) is 11.6 Å². The van der Waals surface area contributed by atoms with Crippen molar-refractivity contribution in [2.75, 3.05) is 19.8 Å². The van der Waals surface area contributed by atoms with Crippen LogP contribution in [0.2, 0.25) is 5.02 Å². The number of unbranched alkanes of at least 4 members (excludes halogenated alkanes) is 1. The Hall–Kier alpha value is -3.16.